The Hall–Kier alpha value is -2.11. The number of halogens is 1. The Balaban J connectivity index is 1.60. The summed E-state index contributed by atoms with van der Waals surface area (Å²) in [4.78, 5) is 14.6. The molecule has 2 N–H and O–H groups in total. The summed E-state index contributed by atoms with van der Waals surface area (Å²) in [6, 6.07) is 13.3. The van der Waals surface area contributed by atoms with E-state index in [4.69, 9.17) is 23.8 Å². The van der Waals surface area contributed by atoms with Gasteiger partial charge in [-0.1, -0.05) is 30.7 Å². The van der Waals surface area contributed by atoms with Crippen molar-refractivity contribution in [2.75, 3.05) is 23.3 Å². The molecule has 1 aliphatic heterocycles. The summed E-state index contributed by atoms with van der Waals surface area (Å²) in [5, 5.41) is 6.65. The third-order valence-corrected chi connectivity index (χ3v) is 5.01. The summed E-state index contributed by atoms with van der Waals surface area (Å²) in [7, 11) is 0. The van der Waals surface area contributed by atoms with Crippen LogP contribution < -0.4 is 15.5 Å². The molecule has 1 aliphatic rings. The maximum absolute atomic E-state index is 12.3. The number of nitrogens with one attached hydrogen (secondary N) is 2. The molecule has 0 unspecified atom stereocenters. The number of carbonyl (C=O) groups is 1. The molecule has 1 saturated heterocycles. The third kappa shape index (κ3) is 4.54. The summed E-state index contributed by atoms with van der Waals surface area (Å²) < 4.78 is 0. The first-order valence-electron chi connectivity index (χ1n) is 8.82. The van der Waals surface area contributed by atoms with E-state index < -0.39 is 0 Å². The van der Waals surface area contributed by atoms with E-state index in [1.165, 1.54) is 18.4 Å². The summed E-state index contributed by atoms with van der Waals surface area (Å²) in [5.41, 5.74) is 3.56. The number of hydrogen-bond donors (Lipinski definition) is 2. The van der Waals surface area contributed by atoms with Crippen molar-refractivity contribution in [3.63, 3.8) is 0 Å². The first-order valence-corrected chi connectivity index (χ1v) is 9.61. The van der Waals surface area contributed by atoms with Crippen molar-refractivity contribution in [3.05, 3.63) is 58.6 Å². The number of amides is 1. The van der Waals surface area contributed by atoms with Crippen LogP contribution in [0, 0.1) is 0 Å². The molecule has 26 heavy (non-hydrogen) atoms. The van der Waals surface area contributed by atoms with Gasteiger partial charge in [0.05, 0.1) is 10.7 Å². The van der Waals surface area contributed by atoms with Crippen molar-refractivity contribution in [2.24, 2.45) is 0 Å². The monoisotopic (exact) mass is 387 g/mol. The molecule has 2 aromatic carbocycles. The average molecular weight is 388 g/mol. The fourth-order valence-electron chi connectivity index (χ4n) is 3.03. The van der Waals surface area contributed by atoms with E-state index in [0.29, 0.717) is 10.6 Å². The van der Waals surface area contributed by atoms with Crippen molar-refractivity contribution in [1.29, 1.82) is 0 Å². The molecule has 2 aromatic rings. The van der Waals surface area contributed by atoms with Gasteiger partial charge in [0.25, 0.3) is 5.91 Å². The van der Waals surface area contributed by atoms with Crippen LogP contribution in [-0.2, 0) is 6.42 Å². The van der Waals surface area contributed by atoms with Crippen molar-refractivity contribution >= 4 is 46.2 Å². The molecule has 0 atom stereocenters. The number of rotatable bonds is 4. The number of aryl methyl sites for hydroxylation is 1. The molecule has 0 aliphatic carbocycles. The lowest BCUT2D eigenvalue weighted by Crippen LogP contribution is -2.34. The van der Waals surface area contributed by atoms with Gasteiger partial charge < -0.3 is 10.2 Å². The number of hydrogen-bond acceptors (Lipinski definition) is 3. The third-order valence-electron chi connectivity index (χ3n) is 4.50. The predicted octanol–water partition coefficient (Wildman–Crippen LogP) is 4.63. The molecule has 0 radical (unpaired) electrons. The molecular formula is C20H22ClN3OS. The van der Waals surface area contributed by atoms with E-state index in [9.17, 15) is 4.79 Å². The largest absolute Gasteiger partial charge is 0.370 e. The maximum Gasteiger partial charge on any atom is 0.257 e. The molecule has 6 heteroatoms. The van der Waals surface area contributed by atoms with Gasteiger partial charge in [-0.25, -0.2) is 0 Å². The lowest BCUT2D eigenvalue weighted by molar-refractivity contribution is 0.0977. The smallest absolute Gasteiger partial charge is 0.257 e. The Morgan fingerprint density at radius 3 is 2.46 bits per heavy atom. The zero-order valence-electron chi connectivity index (χ0n) is 14.7. The normalized spacial score (nSPS) is 13.5. The Morgan fingerprint density at radius 1 is 1.15 bits per heavy atom. The topological polar surface area (TPSA) is 44.4 Å². The second-order valence-electron chi connectivity index (χ2n) is 6.32. The first kappa shape index (κ1) is 18.7. The minimum atomic E-state index is -0.232. The number of thiocarbonyl (C=S) groups is 1. The Bertz CT molecular complexity index is 801. The summed E-state index contributed by atoms with van der Waals surface area (Å²) in [5.74, 6) is -0.232. The zero-order chi connectivity index (χ0) is 18.5. The Labute approximate surface area is 164 Å². The molecule has 0 spiro atoms. The standard InChI is InChI=1S/C20H22ClN3OS/c1-2-14-5-7-15(8-6-14)19(25)23-20(26)22-16-9-10-18(17(21)13-16)24-11-3-4-12-24/h5-10,13H,2-4,11-12H2,1H3,(H2,22,23,25,26). The van der Waals surface area contributed by atoms with Gasteiger partial charge in [-0.05, 0) is 67.4 Å². The number of nitrogens with zero attached hydrogens (tertiary/aromatic N) is 1. The fourth-order valence-corrected chi connectivity index (χ4v) is 3.54. The van der Waals surface area contributed by atoms with Crippen molar-refractivity contribution in [2.45, 2.75) is 26.2 Å². The van der Waals surface area contributed by atoms with Crippen LogP contribution in [0.25, 0.3) is 0 Å². The molecule has 3 rings (SSSR count). The van der Waals surface area contributed by atoms with Gasteiger partial charge in [0.1, 0.15) is 0 Å². The van der Waals surface area contributed by atoms with E-state index in [1.54, 1.807) is 12.1 Å². The van der Waals surface area contributed by atoms with Crippen LogP contribution >= 0.6 is 23.8 Å². The SMILES string of the molecule is CCc1ccc(C(=O)NC(=S)Nc2ccc(N3CCCC3)c(Cl)c2)cc1. The predicted molar refractivity (Wildman–Crippen MR) is 112 cm³/mol. The maximum atomic E-state index is 12.3. The highest BCUT2D eigenvalue weighted by atomic mass is 35.5. The van der Waals surface area contributed by atoms with Crippen molar-refractivity contribution in [1.82, 2.24) is 5.32 Å². The van der Waals surface area contributed by atoms with Gasteiger partial charge in [0.2, 0.25) is 0 Å². The molecule has 4 nitrogen and oxygen atoms in total. The van der Waals surface area contributed by atoms with Crippen LogP contribution in [0.1, 0.15) is 35.7 Å². The second-order valence-corrected chi connectivity index (χ2v) is 7.13. The fraction of sp³-hybridized carbons (Fsp3) is 0.300. The van der Waals surface area contributed by atoms with Crippen LogP contribution in [0.15, 0.2) is 42.5 Å². The zero-order valence-corrected chi connectivity index (χ0v) is 16.3. The molecule has 0 bridgehead atoms. The average Bonchev–Trinajstić information content (AvgIpc) is 3.16. The molecule has 1 fully saturated rings. The van der Waals surface area contributed by atoms with Crippen LogP contribution in [0.5, 0.6) is 0 Å². The minimum Gasteiger partial charge on any atom is -0.370 e. The number of carbonyl (C=O) groups excluding carboxylic acids is 1. The van der Waals surface area contributed by atoms with Crippen LogP contribution in [-0.4, -0.2) is 24.1 Å². The highest BCUT2D eigenvalue weighted by molar-refractivity contribution is 7.80. The lowest BCUT2D eigenvalue weighted by atomic mass is 10.1. The Kier molecular flexibility index (Phi) is 6.12. The lowest BCUT2D eigenvalue weighted by Gasteiger charge is -2.20. The van der Waals surface area contributed by atoms with Crippen LogP contribution in [0.4, 0.5) is 11.4 Å². The highest BCUT2D eigenvalue weighted by Gasteiger charge is 2.15. The molecule has 136 valence electrons. The van der Waals surface area contributed by atoms with Crippen LogP contribution in [0.2, 0.25) is 5.02 Å². The second kappa shape index (κ2) is 8.52. The molecule has 0 aromatic heterocycles. The van der Waals surface area contributed by atoms with Gasteiger partial charge in [-0.15, -0.1) is 0 Å². The molecular weight excluding hydrogens is 366 g/mol. The van der Waals surface area contributed by atoms with E-state index in [1.807, 2.05) is 30.3 Å². The molecule has 1 heterocycles. The van der Waals surface area contributed by atoms with E-state index in [2.05, 4.69) is 22.5 Å². The van der Waals surface area contributed by atoms with E-state index in [-0.39, 0.29) is 11.0 Å². The Morgan fingerprint density at radius 2 is 1.85 bits per heavy atom. The highest BCUT2D eigenvalue weighted by Crippen LogP contribution is 2.31. The van der Waals surface area contributed by atoms with Gasteiger partial charge in [-0.3, -0.25) is 10.1 Å². The quantitative estimate of drug-likeness (QED) is 0.751. The van der Waals surface area contributed by atoms with Crippen molar-refractivity contribution in [3.8, 4) is 0 Å². The van der Waals surface area contributed by atoms with Gasteiger partial charge in [0, 0.05) is 24.3 Å². The van der Waals surface area contributed by atoms with E-state index in [0.717, 1.165) is 30.9 Å². The van der Waals surface area contributed by atoms with Gasteiger partial charge in [-0.2, -0.15) is 0 Å². The van der Waals surface area contributed by atoms with Crippen LogP contribution in [0.3, 0.4) is 0 Å². The number of benzene rings is 2. The summed E-state index contributed by atoms with van der Waals surface area (Å²) in [6.45, 7) is 4.16. The van der Waals surface area contributed by atoms with Gasteiger partial charge in [0.15, 0.2) is 5.11 Å². The molecule has 1 amide bonds. The number of anilines is 2. The first-order chi connectivity index (χ1) is 12.6. The van der Waals surface area contributed by atoms with Crippen molar-refractivity contribution < 1.29 is 4.79 Å². The summed E-state index contributed by atoms with van der Waals surface area (Å²) >= 11 is 11.7. The van der Waals surface area contributed by atoms with Gasteiger partial charge >= 0.3 is 0 Å². The van der Waals surface area contributed by atoms with E-state index >= 15 is 0 Å². The molecule has 0 saturated carbocycles. The minimum absolute atomic E-state index is 0.232. The summed E-state index contributed by atoms with van der Waals surface area (Å²) in [6.07, 6.45) is 3.34.